The van der Waals surface area contributed by atoms with Crippen LogP contribution in [0.2, 0.25) is 0 Å². The number of ether oxygens (including phenoxy) is 2. The minimum absolute atomic E-state index is 0.0783. The molecule has 43 heavy (non-hydrogen) atoms. The average Bonchev–Trinajstić information content (AvgIpc) is 3.70. The molecular formula is C31H24F4N4O4. The molecule has 0 unspecified atom stereocenters. The Morgan fingerprint density at radius 1 is 1.02 bits per heavy atom. The van der Waals surface area contributed by atoms with Gasteiger partial charge in [0.15, 0.2) is 23.1 Å². The Bertz CT molecular complexity index is 1800. The summed E-state index contributed by atoms with van der Waals surface area (Å²) in [4.78, 5) is 21.6. The molecule has 0 atom stereocenters. The first-order valence-electron chi connectivity index (χ1n) is 13.3. The van der Waals surface area contributed by atoms with Crippen LogP contribution in [-0.2, 0) is 23.2 Å². The van der Waals surface area contributed by atoms with Crippen LogP contribution in [0.5, 0.6) is 11.5 Å². The van der Waals surface area contributed by atoms with Gasteiger partial charge in [0.05, 0.1) is 36.5 Å². The molecule has 2 heterocycles. The van der Waals surface area contributed by atoms with Gasteiger partial charge in [-0.1, -0.05) is 47.6 Å². The summed E-state index contributed by atoms with van der Waals surface area (Å²) in [6.07, 6.45) is -3.54. The zero-order valence-electron chi connectivity index (χ0n) is 22.7. The molecular weight excluding hydrogens is 568 g/mol. The minimum atomic E-state index is -4.47. The average molecular weight is 593 g/mol. The number of nitrogens with one attached hydrogen (secondary N) is 1. The fraction of sp³-hybridized carbons (Fsp3) is 0.226. The molecule has 1 aliphatic carbocycles. The molecule has 0 spiro atoms. The summed E-state index contributed by atoms with van der Waals surface area (Å²) < 4.78 is 71.2. The van der Waals surface area contributed by atoms with E-state index in [0.29, 0.717) is 40.4 Å². The minimum Gasteiger partial charge on any atom is -0.493 e. The topological polar surface area (TPSA) is 99.4 Å². The molecule has 220 valence electrons. The third kappa shape index (κ3) is 5.72. The summed E-state index contributed by atoms with van der Waals surface area (Å²) >= 11 is 0. The number of benzene rings is 3. The molecule has 8 nitrogen and oxygen atoms in total. The molecule has 3 aromatic carbocycles. The number of anilines is 1. The van der Waals surface area contributed by atoms with Crippen LogP contribution in [0, 0.1) is 5.82 Å². The normalized spacial score (nSPS) is 14.0. The highest BCUT2D eigenvalue weighted by Gasteiger charge is 2.66. The Balaban J connectivity index is 1.14. The van der Waals surface area contributed by atoms with Gasteiger partial charge in [0, 0.05) is 23.8 Å². The van der Waals surface area contributed by atoms with Crippen LogP contribution in [0.4, 0.5) is 23.4 Å². The van der Waals surface area contributed by atoms with Crippen molar-refractivity contribution in [2.45, 2.75) is 37.5 Å². The van der Waals surface area contributed by atoms with Crippen molar-refractivity contribution in [3.05, 3.63) is 95.6 Å². The maximum atomic E-state index is 15.0. The van der Waals surface area contributed by atoms with Crippen LogP contribution in [0.25, 0.3) is 22.3 Å². The molecule has 0 saturated heterocycles. The number of fused-ring (bicyclic) bond motifs is 1. The van der Waals surface area contributed by atoms with Crippen molar-refractivity contribution < 1.29 is 36.4 Å². The predicted octanol–water partition coefficient (Wildman–Crippen LogP) is 6.79. The quantitative estimate of drug-likeness (QED) is 0.188. The van der Waals surface area contributed by atoms with Crippen LogP contribution in [0.1, 0.15) is 29.7 Å². The van der Waals surface area contributed by atoms with E-state index in [2.05, 4.69) is 20.4 Å². The van der Waals surface area contributed by atoms with Crippen LogP contribution in [0.3, 0.4) is 0 Å². The smallest absolute Gasteiger partial charge is 0.401 e. The number of carbonyl (C=O) groups is 1. The molecule has 0 radical (unpaired) electrons. The predicted molar refractivity (Wildman–Crippen MR) is 148 cm³/mol. The van der Waals surface area contributed by atoms with E-state index in [9.17, 15) is 18.0 Å². The number of amides is 1. The molecule has 1 fully saturated rings. The van der Waals surface area contributed by atoms with E-state index in [1.54, 1.807) is 18.2 Å². The largest absolute Gasteiger partial charge is 0.493 e. The van der Waals surface area contributed by atoms with Crippen molar-refractivity contribution in [3.63, 3.8) is 0 Å². The van der Waals surface area contributed by atoms with E-state index >= 15 is 4.39 Å². The molecule has 5 aromatic rings. The molecule has 1 aliphatic rings. The van der Waals surface area contributed by atoms with Gasteiger partial charge < -0.3 is 19.3 Å². The fourth-order valence-electron chi connectivity index (χ4n) is 4.73. The highest BCUT2D eigenvalue weighted by atomic mass is 19.4. The van der Waals surface area contributed by atoms with Crippen LogP contribution < -0.4 is 14.8 Å². The van der Waals surface area contributed by atoms with E-state index in [4.69, 9.17) is 14.0 Å². The van der Waals surface area contributed by atoms with Gasteiger partial charge in [-0.15, -0.1) is 0 Å². The van der Waals surface area contributed by atoms with E-state index in [1.807, 2.05) is 30.3 Å². The van der Waals surface area contributed by atoms with Gasteiger partial charge >= 0.3 is 6.18 Å². The Labute approximate surface area is 242 Å². The number of hydrogen-bond acceptors (Lipinski definition) is 7. The van der Waals surface area contributed by atoms with Gasteiger partial charge in [-0.2, -0.15) is 13.2 Å². The van der Waals surface area contributed by atoms with Crippen molar-refractivity contribution in [1.82, 2.24) is 15.1 Å². The lowest BCUT2D eigenvalue weighted by Crippen LogP contribution is -2.28. The number of nitrogens with zero attached hydrogens (tertiary/aromatic N) is 3. The first kappa shape index (κ1) is 28.1. The molecule has 1 saturated carbocycles. The molecule has 12 heteroatoms. The molecule has 1 N–H and O–H groups in total. The fourth-order valence-corrected chi connectivity index (χ4v) is 4.73. The van der Waals surface area contributed by atoms with Crippen molar-refractivity contribution in [3.8, 4) is 22.8 Å². The lowest BCUT2D eigenvalue weighted by atomic mass is 10.0. The molecule has 2 aromatic heterocycles. The Kier molecular flexibility index (Phi) is 7.20. The Hall–Kier alpha value is -5.00. The van der Waals surface area contributed by atoms with Crippen molar-refractivity contribution in [2.75, 3.05) is 12.4 Å². The van der Waals surface area contributed by atoms with E-state index in [1.165, 1.54) is 25.4 Å². The number of rotatable bonds is 9. The number of hydrogen-bond donors (Lipinski definition) is 1. The number of halogens is 4. The van der Waals surface area contributed by atoms with Crippen molar-refractivity contribution in [2.24, 2.45) is 0 Å². The molecule has 6 rings (SSSR count). The van der Waals surface area contributed by atoms with Crippen LogP contribution in [0.15, 0.2) is 77.4 Å². The number of aromatic nitrogens is 3. The monoisotopic (exact) mass is 592 g/mol. The van der Waals surface area contributed by atoms with Crippen molar-refractivity contribution in [1.29, 1.82) is 0 Å². The van der Waals surface area contributed by atoms with Gasteiger partial charge in [0.2, 0.25) is 5.91 Å². The van der Waals surface area contributed by atoms with Gasteiger partial charge in [0.1, 0.15) is 17.8 Å². The third-order valence-corrected chi connectivity index (χ3v) is 7.31. The van der Waals surface area contributed by atoms with Crippen molar-refractivity contribution >= 4 is 22.8 Å². The SMILES string of the molecule is COc1cc2nc(-c3ccc(CC(=O)Nc4cc(C5(C(F)(F)F)CC5)on4)c(F)c3)cnc2cc1OCc1ccccc1. The number of alkyl halides is 3. The van der Waals surface area contributed by atoms with Gasteiger partial charge in [-0.3, -0.25) is 9.78 Å². The Morgan fingerprint density at radius 2 is 1.79 bits per heavy atom. The van der Waals surface area contributed by atoms with Gasteiger partial charge in [-0.25, -0.2) is 9.37 Å². The first-order valence-corrected chi connectivity index (χ1v) is 13.3. The number of methoxy groups -OCH3 is 1. The summed E-state index contributed by atoms with van der Waals surface area (Å²) in [5, 5.41) is 5.89. The van der Waals surface area contributed by atoms with E-state index in [0.717, 1.165) is 11.6 Å². The summed E-state index contributed by atoms with van der Waals surface area (Å²) in [6, 6.07) is 18.4. The summed E-state index contributed by atoms with van der Waals surface area (Å²) in [6.45, 7) is 0.344. The zero-order valence-corrected chi connectivity index (χ0v) is 22.7. The highest BCUT2D eigenvalue weighted by molar-refractivity contribution is 5.91. The number of carbonyl (C=O) groups excluding carboxylic acids is 1. The summed E-state index contributed by atoms with van der Waals surface area (Å²) in [7, 11) is 1.52. The maximum Gasteiger partial charge on any atom is 0.401 e. The summed E-state index contributed by atoms with van der Waals surface area (Å²) in [5.74, 6) is -0.868. The highest BCUT2D eigenvalue weighted by Crippen LogP contribution is 2.59. The second-order valence-corrected chi connectivity index (χ2v) is 10.2. The zero-order chi connectivity index (χ0) is 30.2. The first-order chi connectivity index (χ1) is 20.6. The maximum absolute atomic E-state index is 15.0. The van der Waals surface area contributed by atoms with Crippen LogP contribution >= 0.6 is 0 Å². The van der Waals surface area contributed by atoms with Gasteiger partial charge in [-0.05, 0) is 30.0 Å². The van der Waals surface area contributed by atoms with E-state index in [-0.39, 0.29) is 36.4 Å². The summed E-state index contributed by atoms with van der Waals surface area (Å²) in [5.41, 5.74) is 0.915. The van der Waals surface area contributed by atoms with Gasteiger partial charge in [0.25, 0.3) is 0 Å². The third-order valence-electron chi connectivity index (χ3n) is 7.31. The Morgan fingerprint density at radius 3 is 2.49 bits per heavy atom. The second kappa shape index (κ2) is 11.0. The van der Waals surface area contributed by atoms with Crippen LogP contribution in [-0.4, -0.2) is 34.3 Å². The lowest BCUT2D eigenvalue weighted by Gasteiger charge is -2.14. The lowest BCUT2D eigenvalue weighted by molar-refractivity contribution is -0.165. The molecule has 0 bridgehead atoms. The molecule has 1 amide bonds. The standard InChI is InChI=1S/C31H24F4N4O4/c1-41-25-14-23-22(13-26(25)42-17-18-5-3-2-4-6-18)36-16-24(37-23)20-8-7-19(21(32)11-20)12-29(40)38-28-15-27(43-39-28)30(9-10-30)31(33,34)35/h2-8,11,13-16H,9-10,12,17H2,1H3,(H,38,39,40). The molecule has 0 aliphatic heterocycles. The van der Waals surface area contributed by atoms with E-state index < -0.39 is 23.3 Å². The second-order valence-electron chi connectivity index (χ2n) is 10.2.